The summed E-state index contributed by atoms with van der Waals surface area (Å²) in [4.78, 5) is 13.1. The van der Waals surface area contributed by atoms with Crippen molar-refractivity contribution in [2.45, 2.75) is 365 Å². The van der Waals surface area contributed by atoms with E-state index in [1.165, 1.54) is 250 Å². The van der Waals surface area contributed by atoms with Gasteiger partial charge in [-0.15, -0.1) is 0 Å². The van der Waals surface area contributed by atoms with E-state index in [4.69, 9.17) is 9.47 Å². The zero-order valence-corrected chi connectivity index (χ0v) is 50.5. The molecule has 452 valence electrons. The molecule has 0 bridgehead atoms. The minimum Gasteiger partial charge on any atom is -0.394 e. The maximum Gasteiger partial charge on any atom is 0.220 e. The van der Waals surface area contributed by atoms with E-state index in [-0.39, 0.29) is 12.5 Å². The SMILES string of the molecule is CCCCCCC/C=C\C/C=C\C/C=C\CCCCCCCCCCCCCCCCCCCCCCCCCCCCC(=O)NC(COC1OC(CO)C(O)C(O)C1O)C(O)/C=C/CCCCCCCCCCCCC. The van der Waals surface area contributed by atoms with Crippen LogP contribution in [0.15, 0.2) is 48.6 Å². The highest BCUT2D eigenvalue weighted by molar-refractivity contribution is 5.76. The van der Waals surface area contributed by atoms with Gasteiger partial charge in [0.2, 0.25) is 5.91 Å². The first-order chi connectivity index (χ1) is 37.8. The molecule has 7 atom stereocenters. The number of amides is 1. The molecule has 1 aliphatic rings. The number of aliphatic hydroxyl groups is 5. The third-order valence-electron chi connectivity index (χ3n) is 15.9. The highest BCUT2D eigenvalue weighted by Crippen LogP contribution is 2.23. The molecular formula is C68H127NO8. The molecule has 0 saturated carbocycles. The number of hydrogen-bond donors (Lipinski definition) is 6. The molecule has 9 nitrogen and oxygen atoms in total. The molecule has 0 aromatic rings. The van der Waals surface area contributed by atoms with E-state index in [0.29, 0.717) is 6.42 Å². The van der Waals surface area contributed by atoms with Gasteiger partial charge in [0.25, 0.3) is 0 Å². The Kier molecular flexibility index (Phi) is 54.5. The number of nitrogens with one attached hydrogen (secondary N) is 1. The highest BCUT2D eigenvalue weighted by Gasteiger charge is 2.44. The van der Waals surface area contributed by atoms with Gasteiger partial charge in [-0.1, -0.05) is 306 Å². The number of rotatable bonds is 58. The van der Waals surface area contributed by atoms with E-state index in [1.807, 2.05) is 6.08 Å². The predicted octanol–water partition coefficient (Wildman–Crippen LogP) is 17.6. The fraction of sp³-hybridized carbons (Fsp3) is 0.868. The molecule has 0 aromatic heterocycles. The number of carbonyl (C=O) groups excluding carboxylic acids is 1. The van der Waals surface area contributed by atoms with Gasteiger partial charge in [-0.3, -0.25) is 4.79 Å². The Morgan fingerprint density at radius 1 is 0.442 bits per heavy atom. The summed E-state index contributed by atoms with van der Waals surface area (Å²) in [7, 11) is 0. The number of unbranched alkanes of at least 4 members (excludes halogenated alkanes) is 42. The lowest BCUT2D eigenvalue weighted by Gasteiger charge is -2.40. The van der Waals surface area contributed by atoms with Crippen molar-refractivity contribution < 1.29 is 39.8 Å². The van der Waals surface area contributed by atoms with Crippen LogP contribution < -0.4 is 5.32 Å². The summed E-state index contributed by atoms with van der Waals surface area (Å²) in [5.41, 5.74) is 0. The van der Waals surface area contributed by atoms with Crippen molar-refractivity contribution in [3.8, 4) is 0 Å². The van der Waals surface area contributed by atoms with Crippen LogP contribution in [0.4, 0.5) is 0 Å². The summed E-state index contributed by atoms with van der Waals surface area (Å²) in [6.07, 6.45) is 70.9. The molecule has 7 unspecified atom stereocenters. The van der Waals surface area contributed by atoms with Gasteiger partial charge in [-0.2, -0.15) is 0 Å². The fourth-order valence-corrected chi connectivity index (χ4v) is 10.6. The summed E-state index contributed by atoms with van der Waals surface area (Å²) in [6, 6.07) is -0.802. The standard InChI is InChI=1S/C68H127NO8/c1-3-5-7-9-11-13-15-17-18-19-20-21-22-23-24-25-26-27-28-29-30-31-32-33-34-35-36-37-38-39-40-41-42-43-44-46-48-50-52-54-56-58-64(72)69-61(60-76-68-67(75)66(74)65(73)63(59-70)77-68)62(71)57-55-53-51-49-47-45-16-14-12-10-8-6-4-2/h15,17,19-20,22-23,55,57,61-63,65-68,70-71,73-75H,3-14,16,18,21,24-54,56,58-60H2,1-2H3,(H,69,72)/b17-15-,20-19-,23-22-,57-55+. The monoisotopic (exact) mass is 1090 g/mol. The minimum atomic E-state index is -1.57. The summed E-state index contributed by atoms with van der Waals surface area (Å²) >= 11 is 0. The summed E-state index contributed by atoms with van der Waals surface area (Å²) in [5, 5.41) is 54.5. The van der Waals surface area contributed by atoms with Crippen molar-refractivity contribution in [3.05, 3.63) is 48.6 Å². The van der Waals surface area contributed by atoms with Crippen LogP contribution in [0.2, 0.25) is 0 Å². The van der Waals surface area contributed by atoms with Gasteiger partial charge in [0.1, 0.15) is 24.4 Å². The Balaban J connectivity index is 2.01. The molecule has 1 aliphatic heterocycles. The van der Waals surface area contributed by atoms with Gasteiger partial charge < -0.3 is 40.3 Å². The second kappa shape index (κ2) is 57.4. The smallest absolute Gasteiger partial charge is 0.220 e. The minimum absolute atomic E-state index is 0.172. The zero-order valence-electron chi connectivity index (χ0n) is 50.5. The Morgan fingerprint density at radius 3 is 1.13 bits per heavy atom. The first-order valence-electron chi connectivity index (χ1n) is 33.4. The topological polar surface area (TPSA) is 149 Å². The Labute approximate surface area is 475 Å². The molecule has 0 aromatic carbocycles. The number of allylic oxidation sites excluding steroid dienone is 7. The molecule has 77 heavy (non-hydrogen) atoms. The van der Waals surface area contributed by atoms with Crippen molar-refractivity contribution in [1.82, 2.24) is 5.32 Å². The summed E-state index contributed by atoms with van der Waals surface area (Å²) in [5.74, 6) is -0.172. The molecule has 9 heteroatoms. The van der Waals surface area contributed by atoms with Crippen molar-refractivity contribution in [1.29, 1.82) is 0 Å². The Hall–Kier alpha value is -1.85. The van der Waals surface area contributed by atoms with E-state index in [0.717, 1.165) is 51.4 Å². The maximum atomic E-state index is 13.1. The second-order valence-corrected chi connectivity index (χ2v) is 23.3. The van der Waals surface area contributed by atoms with Crippen LogP contribution in [0.25, 0.3) is 0 Å². The van der Waals surface area contributed by atoms with Gasteiger partial charge in [0, 0.05) is 6.42 Å². The molecule has 1 rings (SSSR count). The first-order valence-corrected chi connectivity index (χ1v) is 33.4. The number of carbonyl (C=O) groups is 1. The number of ether oxygens (including phenoxy) is 2. The largest absolute Gasteiger partial charge is 0.394 e. The molecule has 0 radical (unpaired) electrons. The van der Waals surface area contributed by atoms with Gasteiger partial charge in [0.05, 0.1) is 25.4 Å². The average molecular weight is 1090 g/mol. The molecule has 1 saturated heterocycles. The van der Waals surface area contributed by atoms with E-state index >= 15 is 0 Å². The quantitative estimate of drug-likeness (QED) is 0.0261. The molecule has 1 heterocycles. The average Bonchev–Trinajstić information content (AvgIpc) is 3.43. The third kappa shape index (κ3) is 46.5. The van der Waals surface area contributed by atoms with Gasteiger partial charge >= 0.3 is 0 Å². The van der Waals surface area contributed by atoms with Crippen molar-refractivity contribution in [2.24, 2.45) is 0 Å². The summed E-state index contributed by atoms with van der Waals surface area (Å²) < 4.78 is 11.3. The van der Waals surface area contributed by atoms with Gasteiger partial charge in [0.15, 0.2) is 6.29 Å². The van der Waals surface area contributed by atoms with Crippen LogP contribution in [-0.4, -0.2) is 87.5 Å². The number of aliphatic hydroxyl groups excluding tert-OH is 5. The van der Waals surface area contributed by atoms with Crippen molar-refractivity contribution >= 4 is 5.91 Å². The lowest BCUT2D eigenvalue weighted by Crippen LogP contribution is -2.60. The van der Waals surface area contributed by atoms with E-state index < -0.39 is 49.5 Å². The Morgan fingerprint density at radius 2 is 0.766 bits per heavy atom. The lowest BCUT2D eigenvalue weighted by molar-refractivity contribution is -0.302. The highest BCUT2D eigenvalue weighted by atomic mass is 16.7. The van der Waals surface area contributed by atoms with Crippen molar-refractivity contribution in [2.75, 3.05) is 13.2 Å². The van der Waals surface area contributed by atoms with Crippen LogP contribution in [-0.2, 0) is 14.3 Å². The van der Waals surface area contributed by atoms with Crippen molar-refractivity contribution in [3.63, 3.8) is 0 Å². The predicted molar refractivity (Wildman–Crippen MR) is 327 cm³/mol. The summed E-state index contributed by atoms with van der Waals surface area (Å²) in [6.45, 7) is 3.78. The van der Waals surface area contributed by atoms with Crippen LogP contribution >= 0.6 is 0 Å². The van der Waals surface area contributed by atoms with Gasteiger partial charge in [-0.25, -0.2) is 0 Å². The molecule has 0 spiro atoms. The Bertz CT molecular complexity index is 1350. The van der Waals surface area contributed by atoms with Crippen LogP contribution in [0.3, 0.4) is 0 Å². The second-order valence-electron chi connectivity index (χ2n) is 23.3. The molecule has 0 aliphatic carbocycles. The molecule has 1 amide bonds. The van der Waals surface area contributed by atoms with E-state index in [9.17, 15) is 30.3 Å². The van der Waals surface area contributed by atoms with E-state index in [2.05, 4.69) is 55.6 Å². The lowest BCUT2D eigenvalue weighted by atomic mass is 9.99. The van der Waals surface area contributed by atoms with Crippen LogP contribution in [0, 0.1) is 0 Å². The molecular weight excluding hydrogens is 959 g/mol. The van der Waals surface area contributed by atoms with Gasteiger partial charge in [-0.05, 0) is 57.8 Å². The maximum absolute atomic E-state index is 13.1. The first kappa shape index (κ1) is 73.2. The molecule has 1 fully saturated rings. The van der Waals surface area contributed by atoms with Crippen LogP contribution in [0.1, 0.15) is 322 Å². The zero-order chi connectivity index (χ0) is 55.8. The van der Waals surface area contributed by atoms with E-state index in [1.54, 1.807) is 6.08 Å². The normalized spacial score (nSPS) is 19.0. The number of hydrogen-bond acceptors (Lipinski definition) is 8. The molecule has 6 N–H and O–H groups in total. The van der Waals surface area contributed by atoms with Crippen LogP contribution in [0.5, 0.6) is 0 Å². The fourth-order valence-electron chi connectivity index (χ4n) is 10.6. The third-order valence-corrected chi connectivity index (χ3v) is 15.9.